The van der Waals surface area contributed by atoms with Crippen LogP contribution in [0.2, 0.25) is 0 Å². The molecule has 1 rings (SSSR count). The van der Waals surface area contributed by atoms with Crippen LogP contribution in [0.5, 0.6) is 5.75 Å². The normalized spacial score (nSPS) is 9.42. The number of halogens is 1. The van der Waals surface area contributed by atoms with Crippen molar-refractivity contribution in [1.82, 2.24) is 0 Å². The fourth-order valence-corrected chi connectivity index (χ4v) is 0.933. The lowest BCUT2D eigenvalue weighted by molar-refractivity contribution is 0.425. The SMILES string of the molecule is Cc1ccc(CC#N)c(O)c1F. The fraction of sp³-hybridized carbons (Fsp3) is 0.222. The Hall–Kier alpha value is -1.56. The van der Waals surface area contributed by atoms with Crippen LogP contribution in [0.25, 0.3) is 0 Å². The fourth-order valence-electron chi connectivity index (χ4n) is 0.933. The van der Waals surface area contributed by atoms with Gasteiger partial charge in [0.25, 0.3) is 0 Å². The highest BCUT2D eigenvalue weighted by Gasteiger charge is 2.08. The summed E-state index contributed by atoms with van der Waals surface area (Å²) < 4.78 is 13.0. The first-order chi connectivity index (χ1) is 5.66. The average Bonchev–Trinajstić information content (AvgIpc) is 2.07. The molecule has 1 aromatic rings. The number of aromatic hydroxyl groups is 1. The van der Waals surface area contributed by atoms with Crippen molar-refractivity contribution in [2.45, 2.75) is 13.3 Å². The molecule has 0 atom stereocenters. The van der Waals surface area contributed by atoms with E-state index in [0.29, 0.717) is 11.1 Å². The minimum atomic E-state index is -0.636. The summed E-state index contributed by atoms with van der Waals surface area (Å²) in [7, 11) is 0. The molecule has 0 aliphatic rings. The van der Waals surface area contributed by atoms with Crippen LogP contribution in [-0.2, 0) is 6.42 Å². The van der Waals surface area contributed by atoms with Crippen LogP contribution < -0.4 is 0 Å². The zero-order chi connectivity index (χ0) is 9.14. The Labute approximate surface area is 69.9 Å². The van der Waals surface area contributed by atoms with Gasteiger partial charge in [-0.15, -0.1) is 0 Å². The summed E-state index contributed by atoms with van der Waals surface area (Å²) in [6, 6.07) is 4.94. The molecule has 0 spiro atoms. The lowest BCUT2D eigenvalue weighted by Crippen LogP contribution is -1.89. The van der Waals surface area contributed by atoms with Gasteiger partial charge in [0.05, 0.1) is 12.5 Å². The molecule has 0 aliphatic heterocycles. The maximum Gasteiger partial charge on any atom is 0.168 e. The van der Waals surface area contributed by atoms with Crippen LogP contribution in [0.1, 0.15) is 11.1 Å². The van der Waals surface area contributed by atoms with Crippen LogP contribution in [0.3, 0.4) is 0 Å². The first-order valence-corrected chi connectivity index (χ1v) is 3.50. The molecule has 0 amide bonds. The van der Waals surface area contributed by atoms with Crippen molar-refractivity contribution in [2.75, 3.05) is 0 Å². The van der Waals surface area contributed by atoms with E-state index < -0.39 is 11.6 Å². The van der Waals surface area contributed by atoms with Crippen LogP contribution in [0, 0.1) is 24.1 Å². The molecule has 3 heteroatoms. The first-order valence-electron chi connectivity index (χ1n) is 3.50. The van der Waals surface area contributed by atoms with E-state index in [0.717, 1.165) is 0 Å². The van der Waals surface area contributed by atoms with Gasteiger partial charge in [-0.3, -0.25) is 0 Å². The predicted molar refractivity (Wildman–Crippen MR) is 42.1 cm³/mol. The van der Waals surface area contributed by atoms with Crippen molar-refractivity contribution in [3.05, 3.63) is 29.1 Å². The number of benzene rings is 1. The van der Waals surface area contributed by atoms with Crippen molar-refractivity contribution < 1.29 is 9.50 Å². The minimum Gasteiger partial charge on any atom is -0.505 e. The molecule has 2 nitrogen and oxygen atoms in total. The summed E-state index contributed by atoms with van der Waals surface area (Å²) in [6.45, 7) is 1.56. The van der Waals surface area contributed by atoms with E-state index in [2.05, 4.69) is 0 Å². The number of phenols is 1. The van der Waals surface area contributed by atoms with E-state index in [1.165, 1.54) is 0 Å². The molecule has 0 radical (unpaired) electrons. The minimum absolute atomic E-state index is 0.0308. The van der Waals surface area contributed by atoms with Crippen molar-refractivity contribution in [2.24, 2.45) is 0 Å². The second-order valence-electron chi connectivity index (χ2n) is 2.54. The zero-order valence-corrected chi connectivity index (χ0v) is 6.63. The molecule has 0 aromatic heterocycles. The number of rotatable bonds is 1. The van der Waals surface area contributed by atoms with Gasteiger partial charge in [-0.2, -0.15) is 5.26 Å². The Bertz CT molecular complexity index is 341. The van der Waals surface area contributed by atoms with E-state index in [1.54, 1.807) is 19.1 Å². The molecule has 0 fully saturated rings. The summed E-state index contributed by atoms with van der Waals surface area (Å²) in [4.78, 5) is 0. The van der Waals surface area contributed by atoms with Crippen molar-refractivity contribution in [3.63, 3.8) is 0 Å². The topological polar surface area (TPSA) is 44.0 Å². The standard InChI is InChI=1S/C9H8FNO/c1-6-2-3-7(4-5-11)9(12)8(6)10/h2-3,12H,4H2,1H3. The molecule has 0 heterocycles. The van der Waals surface area contributed by atoms with Crippen LogP contribution in [-0.4, -0.2) is 5.11 Å². The van der Waals surface area contributed by atoms with E-state index in [1.807, 2.05) is 6.07 Å². The number of phenolic OH excluding ortho intramolecular Hbond substituents is 1. The molecule has 0 saturated carbocycles. The molecule has 1 aromatic carbocycles. The third-order valence-corrected chi connectivity index (χ3v) is 1.66. The molecule has 0 unspecified atom stereocenters. The molecule has 0 aliphatic carbocycles. The maximum atomic E-state index is 13.0. The van der Waals surface area contributed by atoms with Gasteiger partial charge >= 0.3 is 0 Å². The first kappa shape index (κ1) is 8.54. The lowest BCUT2D eigenvalue weighted by Gasteiger charge is -2.02. The highest BCUT2D eigenvalue weighted by Crippen LogP contribution is 2.23. The highest BCUT2D eigenvalue weighted by molar-refractivity contribution is 5.39. The second kappa shape index (κ2) is 3.22. The highest BCUT2D eigenvalue weighted by atomic mass is 19.1. The second-order valence-corrected chi connectivity index (χ2v) is 2.54. The zero-order valence-electron chi connectivity index (χ0n) is 6.63. The van der Waals surface area contributed by atoms with Crippen molar-refractivity contribution in [3.8, 4) is 11.8 Å². The van der Waals surface area contributed by atoms with Gasteiger partial charge in [-0.05, 0) is 12.5 Å². The summed E-state index contributed by atoms with van der Waals surface area (Å²) in [6.07, 6.45) is 0.0308. The Morgan fingerprint density at radius 3 is 2.83 bits per heavy atom. The number of aryl methyl sites for hydroxylation is 1. The van der Waals surface area contributed by atoms with Gasteiger partial charge in [-0.25, -0.2) is 4.39 Å². The Kier molecular flexibility index (Phi) is 2.29. The largest absolute Gasteiger partial charge is 0.505 e. The average molecular weight is 165 g/mol. The number of hydrogen-bond acceptors (Lipinski definition) is 2. The van der Waals surface area contributed by atoms with E-state index in [4.69, 9.17) is 5.26 Å². The lowest BCUT2D eigenvalue weighted by atomic mass is 10.1. The smallest absolute Gasteiger partial charge is 0.168 e. The van der Waals surface area contributed by atoms with Gasteiger partial charge in [0, 0.05) is 5.56 Å². The van der Waals surface area contributed by atoms with Gasteiger partial charge < -0.3 is 5.11 Å². The molecular formula is C9H8FNO. The van der Waals surface area contributed by atoms with E-state index >= 15 is 0 Å². The Morgan fingerprint density at radius 2 is 2.25 bits per heavy atom. The Balaban J connectivity index is 3.19. The van der Waals surface area contributed by atoms with Gasteiger partial charge in [0.1, 0.15) is 0 Å². The number of hydrogen-bond donors (Lipinski definition) is 1. The van der Waals surface area contributed by atoms with Crippen LogP contribution in [0.4, 0.5) is 4.39 Å². The molecule has 12 heavy (non-hydrogen) atoms. The van der Waals surface area contributed by atoms with E-state index in [-0.39, 0.29) is 6.42 Å². The molecule has 1 N–H and O–H groups in total. The van der Waals surface area contributed by atoms with Crippen LogP contribution >= 0.6 is 0 Å². The number of nitriles is 1. The predicted octanol–water partition coefficient (Wildman–Crippen LogP) is 1.91. The Morgan fingerprint density at radius 1 is 1.58 bits per heavy atom. The molecule has 0 saturated heterocycles. The summed E-state index contributed by atoms with van der Waals surface area (Å²) >= 11 is 0. The van der Waals surface area contributed by atoms with E-state index in [9.17, 15) is 9.50 Å². The van der Waals surface area contributed by atoms with Crippen molar-refractivity contribution in [1.29, 1.82) is 5.26 Å². The summed E-state index contributed by atoms with van der Waals surface area (Å²) in [5.41, 5.74) is 0.717. The molecule has 62 valence electrons. The van der Waals surface area contributed by atoms with Crippen LogP contribution in [0.15, 0.2) is 12.1 Å². The number of nitrogens with zero attached hydrogens (tertiary/aromatic N) is 1. The summed E-state index contributed by atoms with van der Waals surface area (Å²) in [5.74, 6) is -1.04. The third-order valence-electron chi connectivity index (χ3n) is 1.66. The van der Waals surface area contributed by atoms with Gasteiger partial charge in [0.2, 0.25) is 0 Å². The monoisotopic (exact) mass is 165 g/mol. The summed E-state index contributed by atoms with van der Waals surface area (Å²) in [5, 5.41) is 17.5. The van der Waals surface area contributed by atoms with Gasteiger partial charge in [-0.1, -0.05) is 12.1 Å². The van der Waals surface area contributed by atoms with Crippen molar-refractivity contribution >= 4 is 0 Å². The molecule has 0 bridgehead atoms. The third kappa shape index (κ3) is 1.37. The maximum absolute atomic E-state index is 13.0. The van der Waals surface area contributed by atoms with Gasteiger partial charge in [0.15, 0.2) is 11.6 Å². The molecular weight excluding hydrogens is 157 g/mol. The quantitative estimate of drug-likeness (QED) is 0.690.